The second kappa shape index (κ2) is 46.5. The standard InChI is InChI=1S/C52H88O6/c1-4-7-10-13-16-18-20-22-24-25-26-28-29-31-33-36-39-42-45-51(54)57-48-49(47-56-50(53)44-41-38-35-15-12-9-6-3)58-52(55)46-43-40-37-34-32-30-27-23-21-19-17-14-11-8-5-2/h8,11,17-20,23-25,27,32,34,49H,4-7,9-10,12-16,21-22,26,28-31,33,35-48H2,1-3H3/b11-8-,19-17-,20-18-,25-24-,27-23-,34-32-. The summed E-state index contributed by atoms with van der Waals surface area (Å²) in [5.74, 6) is -0.955. The van der Waals surface area contributed by atoms with Crippen molar-refractivity contribution < 1.29 is 28.6 Å². The van der Waals surface area contributed by atoms with E-state index >= 15 is 0 Å². The highest BCUT2D eigenvalue weighted by molar-refractivity contribution is 5.71. The molecule has 6 heteroatoms. The van der Waals surface area contributed by atoms with E-state index in [2.05, 4.69) is 93.7 Å². The van der Waals surface area contributed by atoms with Gasteiger partial charge in [-0.3, -0.25) is 14.4 Å². The van der Waals surface area contributed by atoms with Gasteiger partial charge in [0.05, 0.1) is 0 Å². The molecule has 0 heterocycles. The fraction of sp³-hybridized carbons (Fsp3) is 0.712. The van der Waals surface area contributed by atoms with E-state index < -0.39 is 6.10 Å². The molecule has 0 spiro atoms. The third-order valence-corrected chi connectivity index (χ3v) is 9.95. The molecular weight excluding hydrogens is 721 g/mol. The Hall–Kier alpha value is -3.15. The Labute approximate surface area is 357 Å². The van der Waals surface area contributed by atoms with Gasteiger partial charge in [0, 0.05) is 19.3 Å². The molecule has 0 aliphatic heterocycles. The molecular formula is C52H88O6. The topological polar surface area (TPSA) is 78.9 Å². The van der Waals surface area contributed by atoms with Gasteiger partial charge in [0.15, 0.2) is 6.10 Å². The Morgan fingerprint density at radius 1 is 0.362 bits per heavy atom. The average Bonchev–Trinajstić information content (AvgIpc) is 3.22. The van der Waals surface area contributed by atoms with Gasteiger partial charge in [0.2, 0.25) is 0 Å². The zero-order chi connectivity index (χ0) is 42.3. The van der Waals surface area contributed by atoms with Crippen LogP contribution in [0.3, 0.4) is 0 Å². The lowest BCUT2D eigenvalue weighted by Gasteiger charge is -2.18. The fourth-order valence-electron chi connectivity index (χ4n) is 6.34. The molecule has 0 bridgehead atoms. The van der Waals surface area contributed by atoms with E-state index in [1.165, 1.54) is 83.5 Å². The van der Waals surface area contributed by atoms with Crippen LogP contribution >= 0.6 is 0 Å². The fourth-order valence-corrected chi connectivity index (χ4v) is 6.34. The summed E-state index contributed by atoms with van der Waals surface area (Å²) >= 11 is 0. The van der Waals surface area contributed by atoms with Crippen molar-refractivity contribution in [3.8, 4) is 0 Å². The van der Waals surface area contributed by atoms with E-state index in [0.29, 0.717) is 19.3 Å². The lowest BCUT2D eigenvalue weighted by atomic mass is 10.1. The second-order valence-electron chi connectivity index (χ2n) is 15.6. The molecule has 1 unspecified atom stereocenters. The maximum absolute atomic E-state index is 12.7. The van der Waals surface area contributed by atoms with Gasteiger partial charge >= 0.3 is 17.9 Å². The number of allylic oxidation sites excluding steroid dienone is 12. The Balaban J connectivity index is 4.36. The van der Waals surface area contributed by atoms with E-state index in [1.54, 1.807) is 0 Å². The first kappa shape index (κ1) is 54.9. The maximum atomic E-state index is 12.7. The van der Waals surface area contributed by atoms with Gasteiger partial charge in [-0.05, 0) is 89.9 Å². The number of unbranched alkanes of at least 4 members (excludes halogenated alkanes) is 19. The van der Waals surface area contributed by atoms with Crippen LogP contribution in [-0.2, 0) is 28.6 Å². The number of ether oxygens (including phenoxy) is 3. The third kappa shape index (κ3) is 44.0. The molecule has 0 aromatic rings. The molecule has 58 heavy (non-hydrogen) atoms. The SMILES string of the molecule is CC/C=C\C/C=C\C/C=C\C/C=C\CCCCC(=O)OC(COC(=O)CCCCCCCCC)COC(=O)CCCCCCCCC/C=C\C/C=C\CCCCCC. The smallest absolute Gasteiger partial charge is 0.306 e. The molecule has 332 valence electrons. The van der Waals surface area contributed by atoms with Crippen LogP contribution in [0.15, 0.2) is 72.9 Å². The minimum Gasteiger partial charge on any atom is -0.462 e. The Morgan fingerprint density at radius 2 is 0.672 bits per heavy atom. The number of rotatable bonds is 42. The summed E-state index contributed by atoms with van der Waals surface area (Å²) in [5.41, 5.74) is 0. The van der Waals surface area contributed by atoms with Gasteiger partial charge in [0.25, 0.3) is 0 Å². The Morgan fingerprint density at radius 3 is 1.10 bits per heavy atom. The second-order valence-corrected chi connectivity index (χ2v) is 15.6. The van der Waals surface area contributed by atoms with Crippen molar-refractivity contribution in [3.63, 3.8) is 0 Å². The van der Waals surface area contributed by atoms with E-state index in [0.717, 1.165) is 89.9 Å². The van der Waals surface area contributed by atoms with Gasteiger partial charge in [0.1, 0.15) is 13.2 Å². The van der Waals surface area contributed by atoms with Gasteiger partial charge in [-0.2, -0.15) is 0 Å². The van der Waals surface area contributed by atoms with Crippen molar-refractivity contribution in [2.75, 3.05) is 13.2 Å². The molecule has 6 nitrogen and oxygen atoms in total. The van der Waals surface area contributed by atoms with E-state index in [-0.39, 0.29) is 37.5 Å². The highest BCUT2D eigenvalue weighted by Crippen LogP contribution is 2.13. The normalized spacial score (nSPS) is 12.7. The van der Waals surface area contributed by atoms with Crippen molar-refractivity contribution in [2.45, 2.75) is 226 Å². The quantitative estimate of drug-likeness (QED) is 0.0264. The zero-order valence-corrected chi connectivity index (χ0v) is 37.8. The summed E-state index contributed by atoms with van der Waals surface area (Å²) < 4.78 is 16.6. The molecule has 0 saturated heterocycles. The molecule has 0 amide bonds. The van der Waals surface area contributed by atoms with Crippen molar-refractivity contribution in [2.24, 2.45) is 0 Å². The Kier molecular flexibility index (Phi) is 44.0. The van der Waals surface area contributed by atoms with Crippen LogP contribution in [-0.4, -0.2) is 37.2 Å². The van der Waals surface area contributed by atoms with E-state index in [9.17, 15) is 14.4 Å². The van der Waals surface area contributed by atoms with Gasteiger partial charge in [-0.25, -0.2) is 0 Å². The van der Waals surface area contributed by atoms with Crippen molar-refractivity contribution in [1.29, 1.82) is 0 Å². The van der Waals surface area contributed by atoms with E-state index in [1.807, 2.05) is 0 Å². The number of hydrogen-bond acceptors (Lipinski definition) is 6. The highest BCUT2D eigenvalue weighted by atomic mass is 16.6. The molecule has 0 aromatic heterocycles. The average molecular weight is 809 g/mol. The van der Waals surface area contributed by atoms with Crippen LogP contribution in [0.5, 0.6) is 0 Å². The van der Waals surface area contributed by atoms with Crippen molar-refractivity contribution in [1.82, 2.24) is 0 Å². The molecule has 0 aromatic carbocycles. The first-order chi connectivity index (χ1) is 28.5. The summed E-state index contributed by atoms with van der Waals surface area (Å²) in [6, 6.07) is 0. The number of esters is 3. The molecule has 0 saturated carbocycles. The molecule has 0 N–H and O–H groups in total. The first-order valence-corrected chi connectivity index (χ1v) is 23.9. The Bertz CT molecular complexity index is 1110. The van der Waals surface area contributed by atoms with Crippen LogP contribution in [0.25, 0.3) is 0 Å². The molecule has 0 fully saturated rings. The van der Waals surface area contributed by atoms with Gasteiger partial charge in [-0.15, -0.1) is 0 Å². The van der Waals surface area contributed by atoms with Gasteiger partial charge in [-0.1, -0.05) is 184 Å². The first-order valence-electron chi connectivity index (χ1n) is 23.9. The molecule has 0 aliphatic carbocycles. The third-order valence-electron chi connectivity index (χ3n) is 9.95. The van der Waals surface area contributed by atoms with Crippen molar-refractivity contribution in [3.05, 3.63) is 72.9 Å². The highest BCUT2D eigenvalue weighted by Gasteiger charge is 2.19. The molecule has 0 radical (unpaired) electrons. The predicted molar refractivity (Wildman–Crippen MR) is 247 cm³/mol. The summed E-state index contributed by atoms with van der Waals surface area (Å²) in [7, 11) is 0. The summed E-state index contributed by atoms with van der Waals surface area (Å²) in [5, 5.41) is 0. The van der Waals surface area contributed by atoms with Crippen LogP contribution in [0.1, 0.15) is 220 Å². The number of carbonyl (C=O) groups excluding carboxylic acids is 3. The van der Waals surface area contributed by atoms with E-state index in [4.69, 9.17) is 14.2 Å². The maximum Gasteiger partial charge on any atom is 0.306 e. The minimum absolute atomic E-state index is 0.0949. The monoisotopic (exact) mass is 809 g/mol. The summed E-state index contributed by atoms with van der Waals surface area (Å²) in [6.45, 7) is 6.41. The molecule has 1 atom stereocenters. The number of hydrogen-bond donors (Lipinski definition) is 0. The summed E-state index contributed by atoms with van der Waals surface area (Å²) in [4.78, 5) is 37.7. The van der Waals surface area contributed by atoms with Crippen LogP contribution in [0.4, 0.5) is 0 Å². The lowest BCUT2D eigenvalue weighted by Crippen LogP contribution is -2.30. The van der Waals surface area contributed by atoms with Gasteiger partial charge < -0.3 is 14.2 Å². The minimum atomic E-state index is -0.796. The lowest BCUT2D eigenvalue weighted by molar-refractivity contribution is -0.167. The molecule has 0 aliphatic rings. The summed E-state index contributed by atoms with van der Waals surface area (Å²) in [6.07, 6.45) is 57.6. The number of carbonyl (C=O) groups is 3. The van der Waals surface area contributed by atoms with Crippen LogP contribution in [0.2, 0.25) is 0 Å². The predicted octanol–water partition coefficient (Wildman–Crippen LogP) is 15.5. The van der Waals surface area contributed by atoms with Crippen molar-refractivity contribution >= 4 is 17.9 Å². The van der Waals surface area contributed by atoms with Crippen LogP contribution < -0.4 is 0 Å². The largest absolute Gasteiger partial charge is 0.462 e. The zero-order valence-electron chi connectivity index (χ0n) is 37.8. The van der Waals surface area contributed by atoms with Crippen LogP contribution in [0, 0.1) is 0 Å². The molecule has 0 rings (SSSR count).